The van der Waals surface area contributed by atoms with E-state index in [1.807, 2.05) is 10.7 Å². The van der Waals surface area contributed by atoms with Crippen molar-refractivity contribution in [1.82, 2.24) is 20.1 Å². The topological polar surface area (TPSA) is 88.9 Å². The number of rotatable bonds is 5. The van der Waals surface area contributed by atoms with E-state index in [0.717, 1.165) is 12.1 Å². The Kier molecular flexibility index (Phi) is 5.57. The summed E-state index contributed by atoms with van der Waals surface area (Å²) >= 11 is 0. The van der Waals surface area contributed by atoms with E-state index in [4.69, 9.17) is 6.42 Å². The lowest BCUT2D eigenvalue weighted by Gasteiger charge is -2.24. The van der Waals surface area contributed by atoms with Crippen LogP contribution in [0.1, 0.15) is 38.4 Å². The molecule has 1 aliphatic rings. The van der Waals surface area contributed by atoms with Gasteiger partial charge >= 0.3 is 0 Å². The maximum absolute atomic E-state index is 12.8. The van der Waals surface area contributed by atoms with Gasteiger partial charge in [-0.1, -0.05) is 12.0 Å². The molecule has 0 radical (unpaired) electrons. The van der Waals surface area contributed by atoms with Gasteiger partial charge in [-0.15, -0.1) is 6.42 Å². The number of pyridine rings is 1. The lowest BCUT2D eigenvalue weighted by molar-refractivity contribution is 0.0942. The van der Waals surface area contributed by atoms with E-state index < -0.39 is 0 Å². The predicted octanol–water partition coefficient (Wildman–Crippen LogP) is 2.50. The van der Waals surface area contributed by atoms with Crippen molar-refractivity contribution in [1.29, 1.82) is 0 Å². The molecule has 4 rings (SSSR count). The number of terminal acetylenes is 1. The third-order valence-electron chi connectivity index (χ3n) is 5.19. The number of nitrogens with one attached hydrogen (secondary N) is 2. The molecular formula is C23H21N5O2. The van der Waals surface area contributed by atoms with Crippen LogP contribution in [-0.4, -0.2) is 33.1 Å². The number of aromatic nitrogens is 3. The van der Waals surface area contributed by atoms with Crippen LogP contribution in [0, 0.1) is 18.3 Å². The minimum absolute atomic E-state index is 0.145. The number of hydrogen-bond acceptors (Lipinski definition) is 4. The Morgan fingerprint density at radius 3 is 2.90 bits per heavy atom. The van der Waals surface area contributed by atoms with Crippen molar-refractivity contribution < 1.29 is 9.59 Å². The summed E-state index contributed by atoms with van der Waals surface area (Å²) in [5.74, 6) is 2.43. The number of aryl methyl sites for hydroxylation is 1. The first-order chi connectivity index (χ1) is 14.6. The van der Waals surface area contributed by atoms with Crippen LogP contribution in [0.3, 0.4) is 0 Å². The summed E-state index contributed by atoms with van der Waals surface area (Å²) in [6, 6.07) is 10.6. The Hall–Kier alpha value is -3.92. The first-order valence-electron chi connectivity index (χ1n) is 9.75. The van der Waals surface area contributed by atoms with Crippen molar-refractivity contribution in [2.45, 2.75) is 19.4 Å². The van der Waals surface area contributed by atoms with Gasteiger partial charge in [-0.25, -0.2) is 0 Å². The predicted molar refractivity (Wildman–Crippen MR) is 113 cm³/mol. The van der Waals surface area contributed by atoms with Gasteiger partial charge in [-0.05, 0) is 49.1 Å². The standard InChI is InChI=1S/C23H21N5O2/c1-2-16-5-3-7-19(11-16)27-23(30)20-15-26-28-10-8-17(12-21(20)28)13-25-22(29)18-6-4-9-24-14-18/h1,3-7,9,11,14-15,17H,8,10,12-13H2,(H,25,29)(H,27,30). The Morgan fingerprint density at radius 1 is 1.20 bits per heavy atom. The van der Waals surface area contributed by atoms with Gasteiger partial charge in [0.1, 0.15) is 0 Å². The number of amides is 2. The van der Waals surface area contributed by atoms with E-state index in [9.17, 15) is 9.59 Å². The summed E-state index contributed by atoms with van der Waals surface area (Å²) in [5.41, 5.74) is 3.31. The van der Waals surface area contributed by atoms with Gasteiger partial charge in [0.15, 0.2) is 0 Å². The highest BCUT2D eigenvalue weighted by atomic mass is 16.2. The molecule has 1 atom stereocenters. The average molecular weight is 399 g/mol. The molecule has 0 saturated heterocycles. The van der Waals surface area contributed by atoms with Gasteiger partial charge in [0.25, 0.3) is 11.8 Å². The summed E-state index contributed by atoms with van der Waals surface area (Å²) in [6.07, 6.45) is 11.8. The van der Waals surface area contributed by atoms with Gasteiger partial charge in [-0.3, -0.25) is 19.3 Å². The molecule has 0 bridgehead atoms. The van der Waals surface area contributed by atoms with Crippen molar-refractivity contribution in [2.75, 3.05) is 11.9 Å². The molecule has 3 heterocycles. The minimum Gasteiger partial charge on any atom is -0.352 e. The number of carbonyl (C=O) groups is 2. The molecule has 0 fully saturated rings. The second-order valence-electron chi connectivity index (χ2n) is 7.22. The quantitative estimate of drug-likeness (QED) is 0.645. The monoisotopic (exact) mass is 399 g/mol. The van der Waals surface area contributed by atoms with E-state index in [-0.39, 0.29) is 17.7 Å². The van der Waals surface area contributed by atoms with Gasteiger partial charge < -0.3 is 10.6 Å². The molecule has 0 aliphatic carbocycles. The number of anilines is 1. The maximum atomic E-state index is 12.8. The number of nitrogens with zero attached hydrogens (tertiary/aromatic N) is 3. The van der Waals surface area contributed by atoms with Crippen LogP contribution < -0.4 is 10.6 Å². The molecule has 2 aromatic heterocycles. The van der Waals surface area contributed by atoms with Crippen LogP contribution in [-0.2, 0) is 13.0 Å². The lowest BCUT2D eigenvalue weighted by atomic mass is 9.94. The van der Waals surface area contributed by atoms with Crippen molar-refractivity contribution >= 4 is 17.5 Å². The highest BCUT2D eigenvalue weighted by molar-refractivity contribution is 6.05. The fourth-order valence-electron chi connectivity index (χ4n) is 3.58. The summed E-state index contributed by atoms with van der Waals surface area (Å²) in [4.78, 5) is 29.1. The van der Waals surface area contributed by atoms with Crippen LogP contribution >= 0.6 is 0 Å². The Bertz CT molecular complexity index is 1110. The molecular weight excluding hydrogens is 378 g/mol. The normalized spacial score (nSPS) is 15.0. The molecule has 7 nitrogen and oxygen atoms in total. The molecule has 30 heavy (non-hydrogen) atoms. The number of benzene rings is 1. The maximum Gasteiger partial charge on any atom is 0.259 e. The van der Waals surface area contributed by atoms with Crippen LogP contribution in [0.15, 0.2) is 55.0 Å². The van der Waals surface area contributed by atoms with Crippen LogP contribution in [0.25, 0.3) is 0 Å². The largest absolute Gasteiger partial charge is 0.352 e. The van der Waals surface area contributed by atoms with E-state index in [2.05, 4.69) is 26.6 Å². The second-order valence-corrected chi connectivity index (χ2v) is 7.22. The SMILES string of the molecule is C#Cc1cccc(NC(=O)c2cnn3c2CC(CNC(=O)c2cccnc2)CC3)c1. The van der Waals surface area contributed by atoms with Gasteiger partial charge in [0.05, 0.1) is 23.0 Å². The zero-order valence-electron chi connectivity index (χ0n) is 16.3. The zero-order chi connectivity index (χ0) is 20.9. The summed E-state index contributed by atoms with van der Waals surface area (Å²) < 4.78 is 1.87. The average Bonchev–Trinajstić information content (AvgIpc) is 3.21. The lowest BCUT2D eigenvalue weighted by Crippen LogP contribution is -2.33. The molecule has 1 aliphatic heterocycles. The summed E-state index contributed by atoms with van der Waals surface area (Å²) in [6.45, 7) is 1.24. The highest BCUT2D eigenvalue weighted by Gasteiger charge is 2.25. The van der Waals surface area contributed by atoms with Crippen LogP contribution in [0.5, 0.6) is 0 Å². The Labute approximate surface area is 174 Å². The number of fused-ring (bicyclic) bond motifs is 1. The van der Waals surface area contributed by atoms with Crippen LogP contribution in [0.2, 0.25) is 0 Å². The molecule has 2 amide bonds. The molecule has 1 aromatic carbocycles. The van der Waals surface area contributed by atoms with E-state index >= 15 is 0 Å². The first kappa shape index (κ1) is 19.4. The van der Waals surface area contributed by atoms with Crippen molar-refractivity contribution in [3.05, 3.63) is 77.4 Å². The van der Waals surface area contributed by atoms with Crippen molar-refractivity contribution in [2.24, 2.45) is 5.92 Å². The Balaban J connectivity index is 1.41. The fraction of sp³-hybridized carbons (Fsp3) is 0.217. The molecule has 0 spiro atoms. The minimum atomic E-state index is -0.217. The van der Waals surface area contributed by atoms with Crippen LogP contribution in [0.4, 0.5) is 5.69 Å². The van der Waals surface area contributed by atoms with Gasteiger partial charge in [0.2, 0.25) is 0 Å². The fourth-order valence-corrected chi connectivity index (χ4v) is 3.58. The van der Waals surface area contributed by atoms with E-state index in [1.165, 1.54) is 0 Å². The first-order valence-corrected chi connectivity index (χ1v) is 9.75. The summed E-state index contributed by atoms with van der Waals surface area (Å²) in [7, 11) is 0. The van der Waals surface area contributed by atoms with E-state index in [0.29, 0.717) is 41.9 Å². The number of carbonyl (C=O) groups excluding carboxylic acids is 2. The van der Waals surface area contributed by atoms with Crippen molar-refractivity contribution in [3.8, 4) is 12.3 Å². The molecule has 1 unspecified atom stereocenters. The molecule has 7 heteroatoms. The number of hydrogen-bond donors (Lipinski definition) is 2. The highest BCUT2D eigenvalue weighted by Crippen LogP contribution is 2.23. The zero-order valence-corrected chi connectivity index (χ0v) is 16.3. The third kappa shape index (κ3) is 4.23. The molecule has 3 aromatic rings. The third-order valence-corrected chi connectivity index (χ3v) is 5.19. The second kappa shape index (κ2) is 8.62. The summed E-state index contributed by atoms with van der Waals surface area (Å²) in [5, 5.41) is 10.2. The van der Waals surface area contributed by atoms with Gasteiger partial charge in [-0.2, -0.15) is 5.10 Å². The molecule has 0 saturated carbocycles. The smallest absolute Gasteiger partial charge is 0.259 e. The van der Waals surface area contributed by atoms with Crippen molar-refractivity contribution in [3.63, 3.8) is 0 Å². The van der Waals surface area contributed by atoms with Gasteiger partial charge in [0, 0.05) is 36.7 Å². The Morgan fingerprint density at radius 2 is 2.10 bits per heavy atom. The van der Waals surface area contributed by atoms with E-state index in [1.54, 1.807) is 48.9 Å². The molecule has 2 N–H and O–H groups in total. The molecule has 150 valence electrons.